The number of alkyl halides is 1. The third-order valence-corrected chi connectivity index (χ3v) is 3.66. The van der Waals surface area contributed by atoms with E-state index in [1.165, 1.54) is 24.8 Å². The van der Waals surface area contributed by atoms with Gasteiger partial charge in [-0.15, -0.1) is 0 Å². The van der Waals surface area contributed by atoms with Crippen LogP contribution in [-0.4, -0.2) is 5.33 Å². The van der Waals surface area contributed by atoms with Crippen LogP contribution in [0.5, 0.6) is 0 Å². The van der Waals surface area contributed by atoms with Crippen molar-refractivity contribution >= 4 is 15.9 Å². The number of hydrogen-bond donors (Lipinski definition) is 0. The molecule has 2 rings (SSSR count). The molecule has 1 fully saturated rings. The summed E-state index contributed by atoms with van der Waals surface area (Å²) in [5, 5.41) is 1.16. The molecule has 0 aromatic heterocycles. The van der Waals surface area contributed by atoms with Gasteiger partial charge in [0.25, 0.3) is 0 Å². The zero-order chi connectivity index (χ0) is 9.10. The van der Waals surface area contributed by atoms with Crippen molar-refractivity contribution in [2.75, 3.05) is 5.33 Å². The van der Waals surface area contributed by atoms with E-state index in [9.17, 15) is 0 Å². The van der Waals surface area contributed by atoms with Crippen LogP contribution in [0.15, 0.2) is 30.3 Å². The van der Waals surface area contributed by atoms with Crippen LogP contribution in [-0.2, 0) is 6.42 Å². The van der Waals surface area contributed by atoms with Gasteiger partial charge in [-0.05, 0) is 36.7 Å². The maximum absolute atomic E-state index is 3.61. The Morgan fingerprint density at radius 3 is 2.46 bits per heavy atom. The smallest absolute Gasteiger partial charge is 0.00654 e. The summed E-state index contributed by atoms with van der Waals surface area (Å²) < 4.78 is 0. The summed E-state index contributed by atoms with van der Waals surface area (Å²) in [5.74, 6) is 1.86. The molecular weight excluding hydrogens is 224 g/mol. The Kier molecular flexibility index (Phi) is 3.05. The van der Waals surface area contributed by atoms with Crippen molar-refractivity contribution in [1.29, 1.82) is 0 Å². The van der Waals surface area contributed by atoms with Crippen molar-refractivity contribution in [2.24, 2.45) is 11.8 Å². The summed E-state index contributed by atoms with van der Waals surface area (Å²) >= 11 is 3.61. The molecule has 1 unspecified atom stereocenters. The monoisotopic (exact) mass is 238 g/mol. The molecule has 0 radical (unpaired) electrons. The van der Waals surface area contributed by atoms with Crippen molar-refractivity contribution in [3.05, 3.63) is 35.9 Å². The fourth-order valence-corrected chi connectivity index (χ4v) is 2.59. The molecule has 0 N–H and O–H groups in total. The lowest BCUT2D eigenvalue weighted by Gasteiger charge is -2.12. The molecule has 1 aliphatic rings. The van der Waals surface area contributed by atoms with Gasteiger partial charge in [0, 0.05) is 5.33 Å². The van der Waals surface area contributed by atoms with Crippen molar-refractivity contribution in [3.63, 3.8) is 0 Å². The van der Waals surface area contributed by atoms with Gasteiger partial charge in [-0.1, -0.05) is 46.3 Å². The van der Waals surface area contributed by atoms with Gasteiger partial charge in [0.1, 0.15) is 0 Å². The summed E-state index contributed by atoms with van der Waals surface area (Å²) in [6.07, 6.45) is 4.14. The van der Waals surface area contributed by atoms with Crippen LogP contribution in [0, 0.1) is 11.8 Å². The SMILES string of the molecule is BrCC(Cc1ccccc1)C1CC1. The Bertz CT molecular complexity index is 251. The summed E-state index contributed by atoms with van der Waals surface area (Å²) in [6.45, 7) is 0. The lowest BCUT2D eigenvalue weighted by Crippen LogP contribution is -2.08. The maximum Gasteiger partial charge on any atom is 0.00654 e. The van der Waals surface area contributed by atoms with Crippen LogP contribution >= 0.6 is 15.9 Å². The topological polar surface area (TPSA) is 0 Å². The van der Waals surface area contributed by atoms with Gasteiger partial charge < -0.3 is 0 Å². The van der Waals surface area contributed by atoms with Gasteiger partial charge in [-0.2, -0.15) is 0 Å². The van der Waals surface area contributed by atoms with E-state index in [1.807, 2.05) is 0 Å². The first-order chi connectivity index (χ1) is 6.40. The molecule has 13 heavy (non-hydrogen) atoms. The summed E-state index contributed by atoms with van der Waals surface area (Å²) in [4.78, 5) is 0. The lowest BCUT2D eigenvalue weighted by atomic mass is 9.97. The van der Waals surface area contributed by atoms with E-state index >= 15 is 0 Å². The molecule has 1 atom stereocenters. The summed E-state index contributed by atoms with van der Waals surface area (Å²) in [6, 6.07) is 10.8. The second-order valence-electron chi connectivity index (χ2n) is 3.94. The third kappa shape index (κ3) is 2.57. The van der Waals surface area contributed by atoms with Crippen LogP contribution in [0.1, 0.15) is 18.4 Å². The molecule has 0 nitrogen and oxygen atoms in total. The van der Waals surface area contributed by atoms with Crippen molar-refractivity contribution in [2.45, 2.75) is 19.3 Å². The minimum Gasteiger partial charge on any atom is -0.0925 e. The average Bonchev–Trinajstić information content (AvgIpc) is 2.99. The minimum absolute atomic E-state index is 0.863. The molecule has 1 saturated carbocycles. The minimum atomic E-state index is 0.863. The first-order valence-electron chi connectivity index (χ1n) is 5.00. The molecule has 1 heteroatoms. The fourth-order valence-electron chi connectivity index (χ4n) is 1.83. The van der Waals surface area contributed by atoms with Crippen LogP contribution in [0.4, 0.5) is 0 Å². The van der Waals surface area contributed by atoms with Gasteiger partial charge in [-0.3, -0.25) is 0 Å². The van der Waals surface area contributed by atoms with Gasteiger partial charge in [0.15, 0.2) is 0 Å². The highest BCUT2D eigenvalue weighted by Crippen LogP contribution is 2.39. The van der Waals surface area contributed by atoms with E-state index in [1.54, 1.807) is 0 Å². The number of halogens is 1. The first kappa shape index (κ1) is 9.26. The third-order valence-electron chi connectivity index (χ3n) is 2.83. The molecule has 0 aliphatic heterocycles. The normalized spacial score (nSPS) is 18.5. The quantitative estimate of drug-likeness (QED) is 0.703. The van der Waals surface area contributed by atoms with E-state index in [4.69, 9.17) is 0 Å². The second kappa shape index (κ2) is 4.28. The predicted octanol–water partition coefficient (Wildman–Crippen LogP) is 3.65. The molecule has 0 saturated heterocycles. The molecule has 0 spiro atoms. The number of benzene rings is 1. The van der Waals surface area contributed by atoms with Crippen LogP contribution in [0.25, 0.3) is 0 Å². The largest absolute Gasteiger partial charge is 0.0925 e. The van der Waals surface area contributed by atoms with Gasteiger partial charge in [0.05, 0.1) is 0 Å². The number of hydrogen-bond acceptors (Lipinski definition) is 0. The molecule has 1 aromatic rings. The van der Waals surface area contributed by atoms with E-state index in [2.05, 4.69) is 46.3 Å². The highest BCUT2D eigenvalue weighted by Gasteiger charge is 2.30. The molecule has 1 aliphatic carbocycles. The summed E-state index contributed by atoms with van der Waals surface area (Å²) in [5.41, 5.74) is 1.49. The zero-order valence-corrected chi connectivity index (χ0v) is 9.33. The van der Waals surface area contributed by atoms with E-state index < -0.39 is 0 Å². The lowest BCUT2D eigenvalue weighted by molar-refractivity contribution is 0.519. The Balaban J connectivity index is 1.95. The average molecular weight is 239 g/mol. The molecule has 70 valence electrons. The number of rotatable bonds is 4. The van der Waals surface area contributed by atoms with Gasteiger partial charge >= 0.3 is 0 Å². The Morgan fingerprint density at radius 1 is 1.23 bits per heavy atom. The van der Waals surface area contributed by atoms with Crippen molar-refractivity contribution < 1.29 is 0 Å². The summed E-state index contributed by atoms with van der Waals surface area (Å²) in [7, 11) is 0. The van der Waals surface area contributed by atoms with E-state index in [-0.39, 0.29) is 0 Å². The predicted molar refractivity (Wildman–Crippen MR) is 60.2 cm³/mol. The highest BCUT2D eigenvalue weighted by molar-refractivity contribution is 9.09. The van der Waals surface area contributed by atoms with Gasteiger partial charge in [0.2, 0.25) is 0 Å². The highest BCUT2D eigenvalue weighted by atomic mass is 79.9. The standard InChI is InChI=1S/C12H15Br/c13-9-12(11-6-7-11)8-10-4-2-1-3-5-10/h1-5,11-12H,6-9H2. The molecule has 0 bridgehead atoms. The first-order valence-corrected chi connectivity index (χ1v) is 6.12. The molecular formula is C12H15Br. The van der Waals surface area contributed by atoms with Crippen molar-refractivity contribution in [1.82, 2.24) is 0 Å². The molecule has 0 heterocycles. The Labute approximate surface area is 88.5 Å². The van der Waals surface area contributed by atoms with Crippen LogP contribution in [0.2, 0.25) is 0 Å². The van der Waals surface area contributed by atoms with E-state index in [0.29, 0.717) is 0 Å². The Morgan fingerprint density at radius 2 is 1.92 bits per heavy atom. The molecule has 1 aromatic carbocycles. The van der Waals surface area contributed by atoms with Crippen LogP contribution in [0.3, 0.4) is 0 Å². The van der Waals surface area contributed by atoms with Crippen molar-refractivity contribution in [3.8, 4) is 0 Å². The zero-order valence-electron chi connectivity index (χ0n) is 7.75. The maximum atomic E-state index is 3.61. The van der Waals surface area contributed by atoms with Crippen LogP contribution < -0.4 is 0 Å². The van der Waals surface area contributed by atoms with Gasteiger partial charge in [-0.25, -0.2) is 0 Å². The van der Waals surface area contributed by atoms with E-state index in [0.717, 1.165) is 17.2 Å². The second-order valence-corrected chi connectivity index (χ2v) is 4.59. The fraction of sp³-hybridized carbons (Fsp3) is 0.500. The Hall–Kier alpha value is -0.300. The molecule has 0 amide bonds.